The summed E-state index contributed by atoms with van der Waals surface area (Å²) in [6.07, 6.45) is -0.366. The minimum absolute atomic E-state index is 0.100. The van der Waals surface area contributed by atoms with Crippen molar-refractivity contribution in [2.75, 3.05) is 7.11 Å². The average Bonchev–Trinajstić information content (AvgIpc) is 3.17. The Morgan fingerprint density at radius 1 is 0.960 bits per heavy atom. The summed E-state index contributed by atoms with van der Waals surface area (Å²) in [5, 5.41) is 24.4. The molecule has 0 aromatic heterocycles. The van der Waals surface area contributed by atoms with Crippen LogP contribution in [-0.2, 0) is 6.54 Å². The minimum Gasteiger partial charge on any atom is -0.497 e. The summed E-state index contributed by atoms with van der Waals surface area (Å²) < 4.78 is 5.21. The highest BCUT2D eigenvalue weighted by molar-refractivity contribution is 5.30. The Kier molecular flexibility index (Phi) is 4.50. The van der Waals surface area contributed by atoms with Gasteiger partial charge in [0, 0.05) is 24.4 Å². The Bertz CT molecular complexity index is 703. The first kappa shape index (κ1) is 16.6. The lowest BCUT2D eigenvalue weighted by Gasteiger charge is -2.37. The van der Waals surface area contributed by atoms with Gasteiger partial charge in [-0.2, -0.15) is 0 Å². The van der Waals surface area contributed by atoms with Gasteiger partial charge in [-0.15, -0.1) is 0 Å². The van der Waals surface area contributed by atoms with Crippen LogP contribution in [0.4, 0.5) is 0 Å². The maximum absolute atomic E-state index is 10.4. The molecule has 0 unspecified atom stereocenters. The molecule has 2 bridgehead atoms. The summed E-state index contributed by atoms with van der Waals surface area (Å²) in [7, 11) is 1.67. The number of fused-ring (bicyclic) bond motifs is 2. The van der Waals surface area contributed by atoms with E-state index in [0.717, 1.165) is 18.7 Å². The predicted molar refractivity (Wildman–Crippen MR) is 96.4 cm³/mol. The fourth-order valence-electron chi connectivity index (χ4n) is 4.74. The first-order chi connectivity index (χ1) is 12.2. The van der Waals surface area contributed by atoms with Gasteiger partial charge in [0.05, 0.1) is 19.3 Å². The van der Waals surface area contributed by atoms with Crippen LogP contribution < -0.4 is 10.1 Å². The molecule has 4 nitrogen and oxygen atoms in total. The van der Waals surface area contributed by atoms with Crippen molar-refractivity contribution in [2.24, 2.45) is 11.8 Å². The molecule has 2 aromatic carbocycles. The van der Waals surface area contributed by atoms with Gasteiger partial charge in [0.1, 0.15) is 5.75 Å². The van der Waals surface area contributed by atoms with E-state index < -0.39 is 12.2 Å². The van der Waals surface area contributed by atoms with Crippen LogP contribution in [0.1, 0.15) is 23.5 Å². The third-order valence-electron chi connectivity index (χ3n) is 5.97. The van der Waals surface area contributed by atoms with E-state index in [2.05, 4.69) is 29.6 Å². The van der Waals surface area contributed by atoms with E-state index >= 15 is 0 Å². The van der Waals surface area contributed by atoms with E-state index in [-0.39, 0.29) is 23.8 Å². The number of nitrogens with one attached hydrogen (secondary N) is 1. The summed E-state index contributed by atoms with van der Waals surface area (Å²) in [6, 6.07) is 18.6. The van der Waals surface area contributed by atoms with Gasteiger partial charge in [-0.25, -0.2) is 0 Å². The van der Waals surface area contributed by atoms with Gasteiger partial charge in [0.2, 0.25) is 0 Å². The molecule has 3 N–H and O–H groups in total. The number of aliphatic hydroxyl groups excluding tert-OH is 2. The predicted octanol–water partition coefficient (Wildman–Crippen LogP) is 2.31. The Labute approximate surface area is 148 Å². The molecule has 4 heteroatoms. The van der Waals surface area contributed by atoms with Crippen molar-refractivity contribution in [3.8, 4) is 5.75 Å². The number of aliphatic hydroxyl groups is 2. The Morgan fingerprint density at radius 2 is 1.64 bits per heavy atom. The number of hydrogen-bond acceptors (Lipinski definition) is 4. The fourth-order valence-corrected chi connectivity index (χ4v) is 4.74. The number of benzene rings is 2. The zero-order valence-corrected chi connectivity index (χ0v) is 14.4. The Balaban J connectivity index is 1.53. The van der Waals surface area contributed by atoms with E-state index in [1.807, 2.05) is 30.3 Å². The summed E-state index contributed by atoms with van der Waals surface area (Å²) in [4.78, 5) is 0. The molecule has 2 aliphatic carbocycles. The van der Waals surface area contributed by atoms with Crippen LogP contribution in [0.3, 0.4) is 0 Å². The molecule has 0 radical (unpaired) electrons. The van der Waals surface area contributed by atoms with Crippen LogP contribution in [0, 0.1) is 11.8 Å². The van der Waals surface area contributed by atoms with Gasteiger partial charge in [0.15, 0.2) is 0 Å². The molecule has 0 amide bonds. The summed E-state index contributed by atoms with van der Waals surface area (Å²) in [5.41, 5.74) is 2.43. The molecule has 4 rings (SSSR count). The molecule has 2 fully saturated rings. The second-order valence-electron chi connectivity index (χ2n) is 7.24. The first-order valence-electron chi connectivity index (χ1n) is 8.96. The summed E-state index contributed by atoms with van der Waals surface area (Å²) in [6.45, 7) is 0.740. The lowest BCUT2D eigenvalue weighted by molar-refractivity contribution is -0.0338. The smallest absolute Gasteiger partial charge is 0.118 e. The molecule has 132 valence electrons. The van der Waals surface area contributed by atoms with Crippen molar-refractivity contribution >= 4 is 0 Å². The van der Waals surface area contributed by atoms with E-state index in [0.29, 0.717) is 0 Å². The van der Waals surface area contributed by atoms with Crippen LogP contribution in [0.5, 0.6) is 5.75 Å². The topological polar surface area (TPSA) is 61.7 Å². The fraction of sp³-hybridized carbons (Fsp3) is 0.429. The quantitative estimate of drug-likeness (QED) is 0.782. The average molecular weight is 339 g/mol. The van der Waals surface area contributed by atoms with Gasteiger partial charge >= 0.3 is 0 Å². The van der Waals surface area contributed by atoms with Crippen molar-refractivity contribution in [1.29, 1.82) is 0 Å². The van der Waals surface area contributed by atoms with Crippen LogP contribution in [0.25, 0.3) is 0 Å². The molecule has 0 heterocycles. The lowest BCUT2D eigenvalue weighted by Crippen LogP contribution is -2.49. The molecular weight excluding hydrogens is 314 g/mol. The van der Waals surface area contributed by atoms with Gasteiger partial charge in [-0.05, 0) is 35.6 Å². The summed E-state index contributed by atoms with van der Waals surface area (Å²) >= 11 is 0. The molecular formula is C21H25NO3. The second-order valence-corrected chi connectivity index (χ2v) is 7.24. The van der Waals surface area contributed by atoms with Gasteiger partial charge in [-0.3, -0.25) is 0 Å². The third-order valence-corrected chi connectivity index (χ3v) is 5.97. The van der Waals surface area contributed by atoms with Crippen LogP contribution in [0.15, 0.2) is 54.6 Å². The molecule has 2 aromatic rings. The van der Waals surface area contributed by atoms with Crippen molar-refractivity contribution in [3.63, 3.8) is 0 Å². The zero-order chi connectivity index (χ0) is 17.4. The minimum atomic E-state index is -0.627. The maximum Gasteiger partial charge on any atom is 0.118 e. The zero-order valence-electron chi connectivity index (χ0n) is 14.4. The highest BCUT2D eigenvalue weighted by Crippen LogP contribution is 2.53. The molecule has 0 spiro atoms. The van der Waals surface area contributed by atoms with Crippen LogP contribution >= 0.6 is 0 Å². The van der Waals surface area contributed by atoms with Gasteiger partial charge in [0.25, 0.3) is 0 Å². The van der Waals surface area contributed by atoms with Gasteiger partial charge in [-0.1, -0.05) is 42.5 Å². The monoisotopic (exact) mass is 339 g/mol. The number of rotatable bonds is 5. The molecule has 0 aliphatic heterocycles. The van der Waals surface area contributed by atoms with E-state index in [9.17, 15) is 10.2 Å². The lowest BCUT2D eigenvalue weighted by atomic mass is 9.77. The SMILES string of the molecule is COc1ccc(CN[C@H]2[C@@H]3C[C@@H]([C@@H](O)[C@H]3O)[C@@H]2c2ccccc2)cc1. The van der Waals surface area contributed by atoms with E-state index in [1.54, 1.807) is 7.11 Å². The Hall–Kier alpha value is -1.88. The highest BCUT2D eigenvalue weighted by atomic mass is 16.5. The summed E-state index contributed by atoms with van der Waals surface area (Å²) in [5.74, 6) is 1.31. The molecule has 6 atom stereocenters. The highest BCUT2D eigenvalue weighted by Gasteiger charge is 2.57. The molecule has 2 aliphatic rings. The largest absolute Gasteiger partial charge is 0.497 e. The molecule has 25 heavy (non-hydrogen) atoms. The third kappa shape index (κ3) is 2.95. The van der Waals surface area contributed by atoms with Crippen molar-refractivity contribution in [1.82, 2.24) is 5.32 Å². The van der Waals surface area contributed by atoms with Crippen molar-refractivity contribution in [3.05, 3.63) is 65.7 Å². The Morgan fingerprint density at radius 3 is 2.32 bits per heavy atom. The number of methoxy groups -OCH3 is 1. The van der Waals surface area contributed by atoms with E-state index in [4.69, 9.17) is 4.74 Å². The number of ether oxygens (including phenoxy) is 1. The standard InChI is InChI=1S/C21H25NO3/c1-25-15-9-7-13(8-10-15)12-22-19-17-11-16(20(23)21(17)24)18(19)14-5-3-2-4-6-14/h2-10,16-24H,11-12H2,1H3/t16-,17+,18+,19+,20-,21+/m1/s1. The van der Waals surface area contributed by atoms with Crippen LogP contribution in [-0.4, -0.2) is 35.6 Å². The molecule has 0 saturated heterocycles. The van der Waals surface area contributed by atoms with Crippen LogP contribution in [0.2, 0.25) is 0 Å². The van der Waals surface area contributed by atoms with Gasteiger partial charge < -0.3 is 20.3 Å². The second kappa shape index (κ2) is 6.79. The van der Waals surface area contributed by atoms with E-state index in [1.165, 1.54) is 11.1 Å². The molecule has 2 saturated carbocycles. The van der Waals surface area contributed by atoms with Crippen molar-refractivity contribution < 1.29 is 14.9 Å². The maximum atomic E-state index is 10.4. The number of hydrogen-bond donors (Lipinski definition) is 3. The van der Waals surface area contributed by atoms with Crippen molar-refractivity contribution in [2.45, 2.75) is 37.1 Å². The normalized spacial score (nSPS) is 33.6. The first-order valence-corrected chi connectivity index (χ1v) is 8.96.